The predicted molar refractivity (Wildman–Crippen MR) is 368 cm³/mol. The number of unbranched alkanes of at least 4 members (excludes halogenated alkanes) is 36. The highest BCUT2D eigenvalue weighted by molar-refractivity contribution is 6.05. The summed E-state index contributed by atoms with van der Waals surface area (Å²) in [5.41, 5.74) is 3.57. The highest BCUT2D eigenvalue weighted by Gasteiger charge is 2.20. The number of carbonyl (C=O) groups excluding carboxylic acids is 1. The van der Waals surface area contributed by atoms with Gasteiger partial charge in [0.2, 0.25) is 23.6 Å². The lowest BCUT2D eigenvalue weighted by Gasteiger charge is -2.15. The van der Waals surface area contributed by atoms with Crippen LogP contribution in [0, 0.1) is 0 Å². The number of nitrogens with zero attached hydrogens (tertiary/aromatic N) is 4. The van der Waals surface area contributed by atoms with Crippen molar-refractivity contribution in [3.8, 4) is 68.8 Å². The molecule has 0 fully saturated rings. The van der Waals surface area contributed by atoms with Crippen molar-refractivity contribution in [2.24, 2.45) is 0 Å². The van der Waals surface area contributed by atoms with Crippen LogP contribution in [0.15, 0.2) is 93.8 Å². The van der Waals surface area contributed by atoms with Crippen LogP contribution >= 0.6 is 0 Å². The lowest BCUT2D eigenvalue weighted by atomic mass is 10.1. The van der Waals surface area contributed by atoms with Crippen LogP contribution in [0.4, 0.5) is 5.69 Å². The van der Waals surface area contributed by atoms with Gasteiger partial charge >= 0.3 is 0 Å². The second kappa shape index (κ2) is 46.0. The number of ether oxygens (including phenoxy) is 4. The van der Waals surface area contributed by atoms with Gasteiger partial charge in [-0.25, -0.2) is 0 Å². The highest BCUT2D eigenvalue weighted by Crippen LogP contribution is 2.35. The number of anilines is 1. The summed E-state index contributed by atoms with van der Waals surface area (Å²) in [5, 5.41) is 21.1. The van der Waals surface area contributed by atoms with Crippen LogP contribution < -0.4 is 24.3 Å². The van der Waals surface area contributed by atoms with Gasteiger partial charge in [-0.3, -0.25) is 4.79 Å². The fraction of sp³-hybridized carbons (Fsp3) is 0.623. The maximum absolute atomic E-state index is 14.4. The topological polar surface area (TPSA) is 144 Å². The molecule has 490 valence electrons. The van der Waals surface area contributed by atoms with Crippen molar-refractivity contribution in [2.45, 2.75) is 285 Å². The molecule has 0 spiro atoms. The van der Waals surface area contributed by atoms with Gasteiger partial charge in [-0.2, -0.15) is 0 Å². The zero-order valence-electron chi connectivity index (χ0n) is 55.8. The van der Waals surface area contributed by atoms with Crippen LogP contribution in [0.1, 0.15) is 295 Å². The Balaban J connectivity index is 1.12. The number of amides is 1. The molecule has 0 aliphatic rings. The Morgan fingerprint density at radius 1 is 0.315 bits per heavy atom. The molecule has 0 atom stereocenters. The Morgan fingerprint density at radius 3 is 0.944 bits per heavy atom. The molecule has 0 aliphatic heterocycles. The molecule has 1 N–H and O–H groups in total. The number of rotatable bonds is 54. The van der Waals surface area contributed by atoms with Crippen LogP contribution in [-0.4, -0.2) is 52.7 Å². The molecule has 1 amide bonds. The number of aromatic nitrogens is 4. The summed E-state index contributed by atoms with van der Waals surface area (Å²) < 4.78 is 37.8. The lowest BCUT2D eigenvalue weighted by Crippen LogP contribution is -2.13. The van der Waals surface area contributed by atoms with Crippen molar-refractivity contribution in [3.05, 3.63) is 90.5 Å². The third-order valence-corrected chi connectivity index (χ3v) is 17.0. The van der Waals surface area contributed by atoms with Gasteiger partial charge in [0.15, 0.2) is 11.5 Å². The molecule has 0 radical (unpaired) electrons. The van der Waals surface area contributed by atoms with Crippen molar-refractivity contribution in [3.63, 3.8) is 0 Å². The zero-order valence-corrected chi connectivity index (χ0v) is 55.8. The number of hydrogen-bond acceptors (Lipinski definition) is 11. The van der Waals surface area contributed by atoms with Crippen molar-refractivity contribution in [1.82, 2.24) is 20.4 Å². The van der Waals surface area contributed by atoms with E-state index in [9.17, 15) is 4.79 Å². The Labute approximate surface area is 537 Å². The molecule has 0 aliphatic carbocycles. The van der Waals surface area contributed by atoms with E-state index in [4.69, 9.17) is 27.8 Å². The molecule has 12 heteroatoms. The van der Waals surface area contributed by atoms with E-state index in [1.165, 1.54) is 218 Å². The molecule has 0 bridgehead atoms. The number of nitrogens with one attached hydrogen (secondary N) is 1. The molecule has 89 heavy (non-hydrogen) atoms. The molecule has 0 saturated carbocycles. The first-order chi connectivity index (χ1) is 44.0. The largest absolute Gasteiger partial charge is 0.494 e. The molecule has 0 saturated heterocycles. The maximum Gasteiger partial charge on any atom is 0.255 e. The van der Waals surface area contributed by atoms with E-state index in [0.717, 1.165) is 61.2 Å². The predicted octanol–water partition coefficient (Wildman–Crippen LogP) is 23.6. The van der Waals surface area contributed by atoms with Crippen molar-refractivity contribution in [2.75, 3.05) is 31.7 Å². The lowest BCUT2D eigenvalue weighted by molar-refractivity contribution is 0.102. The molecule has 6 aromatic rings. The monoisotopic (exact) mass is 1220 g/mol. The van der Waals surface area contributed by atoms with E-state index in [0.29, 0.717) is 72.1 Å². The number of hydrogen-bond donors (Lipinski definition) is 1. The molecular weight excluding hydrogens is 1110 g/mol. The first-order valence-corrected chi connectivity index (χ1v) is 36.0. The van der Waals surface area contributed by atoms with E-state index in [2.05, 4.69) is 53.4 Å². The number of carbonyl (C=O) groups is 1. The van der Waals surface area contributed by atoms with Crippen molar-refractivity contribution >= 4 is 11.6 Å². The van der Waals surface area contributed by atoms with Gasteiger partial charge in [-0.05, 0) is 111 Å². The van der Waals surface area contributed by atoms with Gasteiger partial charge in [-0.15, -0.1) is 20.4 Å². The second-order valence-electron chi connectivity index (χ2n) is 24.9. The SMILES string of the molecule is CCCCCCCCCCCCOc1ccc(-c2nnc(-c3cc(NC(=O)c4ccc(OCCCCCCCCCCCC)c(OCCCCCCCCCCCC)c4)cc(-c4nnc(-c5ccc(OCCCCCCCCCCCC)cc5)o4)c3)o2)cc1. The average Bonchev–Trinajstić information content (AvgIpc) is 2.36. The quantitative estimate of drug-likeness (QED) is 0.0364. The van der Waals surface area contributed by atoms with Gasteiger partial charge in [0.25, 0.3) is 5.91 Å². The summed E-state index contributed by atoms with van der Waals surface area (Å²) in [6, 6.07) is 26.5. The van der Waals surface area contributed by atoms with Gasteiger partial charge in [-0.1, -0.05) is 259 Å². The molecule has 2 aromatic heterocycles. The fourth-order valence-electron chi connectivity index (χ4n) is 11.4. The second-order valence-corrected chi connectivity index (χ2v) is 24.9. The molecule has 4 aromatic carbocycles. The van der Waals surface area contributed by atoms with Crippen molar-refractivity contribution < 1.29 is 32.6 Å². The van der Waals surface area contributed by atoms with E-state index in [1.807, 2.05) is 78.9 Å². The van der Waals surface area contributed by atoms with Crippen LogP contribution in [0.25, 0.3) is 45.8 Å². The van der Waals surface area contributed by atoms with E-state index < -0.39 is 0 Å². The summed E-state index contributed by atoms with van der Waals surface area (Å²) in [5.74, 6) is 3.76. The van der Waals surface area contributed by atoms with E-state index in [-0.39, 0.29) is 17.7 Å². The molecule has 0 unspecified atom stereocenters. The Morgan fingerprint density at radius 2 is 0.607 bits per heavy atom. The minimum atomic E-state index is -0.318. The minimum absolute atomic E-state index is 0.262. The smallest absolute Gasteiger partial charge is 0.255 e. The van der Waals surface area contributed by atoms with Crippen LogP contribution in [0.3, 0.4) is 0 Å². The molecular formula is C77H115N5O7. The summed E-state index contributed by atoms with van der Waals surface area (Å²) in [7, 11) is 0. The van der Waals surface area contributed by atoms with Crippen molar-refractivity contribution in [1.29, 1.82) is 0 Å². The zero-order chi connectivity index (χ0) is 62.5. The Bertz CT molecular complexity index is 2610. The maximum atomic E-state index is 14.4. The Kier molecular flexibility index (Phi) is 37.1. The first kappa shape index (κ1) is 71.9. The van der Waals surface area contributed by atoms with Crippen LogP contribution in [0.5, 0.6) is 23.0 Å². The van der Waals surface area contributed by atoms with E-state index in [1.54, 1.807) is 6.07 Å². The normalized spacial score (nSPS) is 11.4. The van der Waals surface area contributed by atoms with Gasteiger partial charge < -0.3 is 33.1 Å². The van der Waals surface area contributed by atoms with Gasteiger partial charge in [0.05, 0.1) is 26.4 Å². The number of benzene rings is 4. The Hall–Kier alpha value is -6.17. The summed E-state index contributed by atoms with van der Waals surface area (Å²) in [6.45, 7) is 11.6. The standard InChI is InChI=1S/C77H115N5O7/c1-5-9-13-17-21-25-29-33-37-41-55-84-69-50-45-63(46-51-69)74-79-81-76(88-74)66-59-67(77-82-80-75(89-77)64-47-52-70(53-48-64)85-56-42-38-34-30-26-22-18-14-10-6-2)61-68(60-66)78-73(83)65-49-54-71(86-57-43-39-35-31-27-23-19-15-11-7-3)72(62-65)87-58-44-40-36-32-28-24-20-16-12-8-4/h45-54,59-62H,5-44,55-58H2,1-4H3,(H,78,83). The van der Waals surface area contributed by atoms with Crippen LogP contribution in [0.2, 0.25) is 0 Å². The average molecular weight is 1220 g/mol. The van der Waals surface area contributed by atoms with Crippen LogP contribution in [-0.2, 0) is 0 Å². The highest BCUT2D eigenvalue weighted by atomic mass is 16.5. The molecule has 12 nitrogen and oxygen atoms in total. The summed E-state index contributed by atoms with van der Waals surface area (Å²) in [4.78, 5) is 14.4. The summed E-state index contributed by atoms with van der Waals surface area (Å²) in [6.07, 6.45) is 50.7. The van der Waals surface area contributed by atoms with Gasteiger partial charge in [0, 0.05) is 33.5 Å². The molecule has 6 rings (SSSR count). The third-order valence-electron chi connectivity index (χ3n) is 17.0. The first-order valence-electron chi connectivity index (χ1n) is 36.0. The fourth-order valence-corrected chi connectivity index (χ4v) is 11.4. The minimum Gasteiger partial charge on any atom is -0.494 e. The van der Waals surface area contributed by atoms with E-state index >= 15 is 0 Å². The molecule has 2 heterocycles. The van der Waals surface area contributed by atoms with Gasteiger partial charge in [0.1, 0.15) is 11.5 Å². The third kappa shape index (κ3) is 29.6. The summed E-state index contributed by atoms with van der Waals surface area (Å²) >= 11 is 0.